The zero-order chi connectivity index (χ0) is 17.9. The molecule has 0 heterocycles. The molecule has 0 saturated carbocycles. The van der Waals surface area contributed by atoms with Crippen molar-refractivity contribution in [3.63, 3.8) is 0 Å². The second-order valence-electron chi connectivity index (χ2n) is 5.40. The molecule has 0 unspecified atom stereocenters. The van der Waals surface area contributed by atoms with Gasteiger partial charge in [-0.05, 0) is 33.6 Å². The molecule has 0 N–H and O–H groups in total. The summed E-state index contributed by atoms with van der Waals surface area (Å²) in [5.41, 5.74) is 0. The second-order valence-corrected chi connectivity index (χ2v) is 10.2. The summed E-state index contributed by atoms with van der Waals surface area (Å²) in [7, 11) is 3.45. The highest BCUT2D eigenvalue weighted by atomic mass is 31.2. The summed E-state index contributed by atoms with van der Waals surface area (Å²) < 4.78 is 44.2. The monoisotopic (exact) mass is 374 g/mol. The second kappa shape index (κ2) is 11.7. The molecule has 0 saturated heterocycles. The summed E-state index contributed by atoms with van der Waals surface area (Å²) in [6.45, 7) is 2.79. The van der Waals surface area contributed by atoms with Crippen molar-refractivity contribution in [2.45, 2.75) is 6.42 Å². The Balaban J connectivity index is 4.61. The van der Waals surface area contributed by atoms with E-state index in [2.05, 4.69) is 9.80 Å². The van der Waals surface area contributed by atoms with Gasteiger partial charge < -0.3 is 27.9 Å². The highest BCUT2D eigenvalue weighted by Crippen LogP contribution is 2.47. The third-order valence-corrected chi connectivity index (χ3v) is 7.29. The van der Waals surface area contributed by atoms with Crippen LogP contribution in [0.5, 0.6) is 0 Å². The van der Waals surface area contributed by atoms with E-state index in [1.165, 1.54) is 28.4 Å². The SMILES string of the molecule is COP(=O)(CCN(CCCN(C)C)CCP(=O)(OC)OC)OC. The standard InChI is InChI=1S/C13H32N2O6P2/c1-14(2)8-7-9-15(10-12-22(16,18-3)19-4)11-13-23(17,20-5)21-6/h7-13H2,1-6H3. The first kappa shape index (κ1) is 23.2. The van der Waals surface area contributed by atoms with Gasteiger partial charge in [0.15, 0.2) is 0 Å². The summed E-state index contributed by atoms with van der Waals surface area (Å²) >= 11 is 0. The molecule has 8 nitrogen and oxygen atoms in total. The smallest absolute Gasteiger partial charge is 0.312 e. The van der Waals surface area contributed by atoms with Gasteiger partial charge in [-0.25, -0.2) is 0 Å². The van der Waals surface area contributed by atoms with Crippen molar-refractivity contribution >= 4 is 15.2 Å². The minimum atomic E-state index is -3.05. The average molecular weight is 374 g/mol. The van der Waals surface area contributed by atoms with Crippen LogP contribution < -0.4 is 0 Å². The van der Waals surface area contributed by atoms with E-state index >= 15 is 0 Å². The molecule has 23 heavy (non-hydrogen) atoms. The largest absolute Gasteiger partial charge is 0.331 e. The van der Waals surface area contributed by atoms with Crippen molar-refractivity contribution in [2.75, 3.05) is 81.0 Å². The number of nitrogens with zero attached hydrogens (tertiary/aromatic N) is 2. The maximum absolute atomic E-state index is 12.2. The highest BCUT2D eigenvalue weighted by molar-refractivity contribution is 7.54. The highest BCUT2D eigenvalue weighted by Gasteiger charge is 2.25. The summed E-state index contributed by atoms with van der Waals surface area (Å²) in [5.74, 6) is 0. The predicted molar refractivity (Wildman–Crippen MR) is 92.6 cm³/mol. The lowest BCUT2D eigenvalue weighted by molar-refractivity contribution is 0.240. The van der Waals surface area contributed by atoms with Crippen LogP contribution in [0.15, 0.2) is 0 Å². The molecular formula is C13H32N2O6P2. The molecular weight excluding hydrogens is 342 g/mol. The van der Waals surface area contributed by atoms with E-state index in [9.17, 15) is 9.13 Å². The molecule has 0 bridgehead atoms. The van der Waals surface area contributed by atoms with Crippen LogP contribution in [0, 0.1) is 0 Å². The van der Waals surface area contributed by atoms with Crippen molar-refractivity contribution < 1.29 is 27.2 Å². The van der Waals surface area contributed by atoms with E-state index in [0.29, 0.717) is 13.1 Å². The number of rotatable bonds is 14. The average Bonchev–Trinajstić information content (AvgIpc) is 2.55. The Labute approximate surface area is 140 Å². The first-order chi connectivity index (χ1) is 10.7. The zero-order valence-electron chi connectivity index (χ0n) is 15.2. The Morgan fingerprint density at radius 1 is 0.696 bits per heavy atom. The van der Waals surface area contributed by atoms with Crippen molar-refractivity contribution in [1.82, 2.24) is 9.80 Å². The summed E-state index contributed by atoms with van der Waals surface area (Å²) in [6.07, 6.45) is 1.51. The Hall–Kier alpha value is 0.220. The van der Waals surface area contributed by atoms with Crippen LogP contribution in [0.1, 0.15) is 6.42 Å². The van der Waals surface area contributed by atoms with Gasteiger partial charge in [0.1, 0.15) is 0 Å². The van der Waals surface area contributed by atoms with Crippen LogP contribution in [0.3, 0.4) is 0 Å². The van der Waals surface area contributed by atoms with Gasteiger partial charge in [-0.15, -0.1) is 0 Å². The molecule has 0 radical (unpaired) electrons. The van der Waals surface area contributed by atoms with E-state index in [1.807, 2.05) is 14.1 Å². The molecule has 0 spiro atoms. The lowest BCUT2D eigenvalue weighted by Crippen LogP contribution is -2.32. The fraction of sp³-hybridized carbons (Fsp3) is 1.00. The molecule has 0 amide bonds. The maximum atomic E-state index is 12.2. The van der Waals surface area contributed by atoms with Gasteiger partial charge in [-0.3, -0.25) is 9.13 Å². The van der Waals surface area contributed by atoms with Gasteiger partial charge in [0.25, 0.3) is 0 Å². The normalized spacial score (nSPS) is 13.2. The number of hydrogen-bond acceptors (Lipinski definition) is 8. The van der Waals surface area contributed by atoms with Gasteiger partial charge in [-0.2, -0.15) is 0 Å². The topological polar surface area (TPSA) is 77.5 Å². The molecule has 0 fully saturated rings. The fourth-order valence-corrected chi connectivity index (χ4v) is 4.07. The molecule has 0 aliphatic carbocycles. The third-order valence-electron chi connectivity index (χ3n) is 3.57. The van der Waals surface area contributed by atoms with Crippen molar-refractivity contribution in [1.29, 1.82) is 0 Å². The van der Waals surface area contributed by atoms with E-state index in [-0.39, 0.29) is 12.3 Å². The lowest BCUT2D eigenvalue weighted by atomic mass is 10.3. The molecule has 0 rings (SSSR count). The lowest BCUT2D eigenvalue weighted by Gasteiger charge is -2.26. The van der Waals surface area contributed by atoms with Crippen molar-refractivity contribution in [2.24, 2.45) is 0 Å². The first-order valence-electron chi connectivity index (χ1n) is 7.52. The van der Waals surface area contributed by atoms with Crippen LogP contribution in [0.25, 0.3) is 0 Å². The molecule has 0 aromatic carbocycles. The van der Waals surface area contributed by atoms with Crippen molar-refractivity contribution in [3.8, 4) is 0 Å². The van der Waals surface area contributed by atoms with Gasteiger partial charge in [0.2, 0.25) is 0 Å². The fourth-order valence-electron chi connectivity index (χ4n) is 1.99. The summed E-state index contributed by atoms with van der Waals surface area (Å²) in [6, 6.07) is 0. The maximum Gasteiger partial charge on any atom is 0.331 e. The quantitative estimate of drug-likeness (QED) is 0.428. The Morgan fingerprint density at radius 3 is 1.39 bits per heavy atom. The molecule has 0 aromatic rings. The Kier molecular flexibility index (Phi) is 11.8. The van der Waals surface area contributed by atoms with E-state index in [0.717, 1.165) is 19.5 Å². The predicted octanol–water partition coefficient (Wildman–Crippen LogP) is 2.21. The summed E-state index contributed by atoms with van der Waals surface area (Å²) in [4.78, 5) is 4.18. The number of hydrogen-bond donors (Lipinski definition) is 0. The summed E-state index contributed by atoms with van der Waals surface area (Å²) in [5, 5.41) is 0. The van der Waals surface area contributed by atoms with E-state index in [1.54, 1.807) is 0 Å². The van der Waals surface area contributed by atoms with E-state index < -0.39 is 15.2 Å². The Morgan fingerprint density at radius 2 is 1.09 bits per heavy atom. The minimum Gasteiger partial charge on any atom is -0.312 e. The van der Waals surface area contributed by atoms with E-state index in [4.69, 9.17) is 18.1 Å². The van der Waals surface area contributed by atoms with Crippen LogP contribution in [-0.2, 0) is 27.2 Å². The molecule has 0 aliphatic heterocycles. The third kappa shape index (κ3) is 9.95. The van der Waals surface area contributed by atoms with Crippen molar-refractivity contribution in [3.05, 3.63) is 0 Å². The molecule has 140 valence electrons. The van der Waals surface area contributed by atoms with Gasteiger partial charge in [0.05, 0.1) is 12.3 Å². The van der Waals surface area contributed by atoms with Crippen LogP contribution >= 0.6 is 15.2 Å². The zero-order valence-corrected chi connectivity index (χ0v) is 17.0. The molecule has 0 atom stereocenters. The van der Waals surface area contributed by atoms with Crippen LogP contribution in [-0.4, -0.2) is 90.8 Å². The van der Waals surface area contributed by atoms with Gasteiger partial charge in [0, 0.05) is 41.5 Å². The van der Waals surface area contributed by atoms with Gasteiger partial charge >= 0.3 is 15.2 Å². The van der Waals surface area contributed by atoms with Crippen LogP contribution in [0.4, 0.5) is 0 Å². The van der Waals surface area contributed by atoms with Crippen LogP contribution in [0.2, 0.25) is 0 Å². The minimum absolute atomic E-state index is 0.284. The molecule has 0 aromatic heterocycles. The van der Waals surface area contributed by atoms with Gasteiger partial charge in [-0.1, -0.05) is 0 Å². The first-order valence-corrected chi connectivity index (χ1v) is 11.0. The Bertz CT molecular complexity index is 362. The molecule has 0 aliphatic rings. The molecule has 10 heteroatoms.